The highest BCUT2D eigenvalue weighted by atomic mass is 35.5. The van der Waals surface area contributed by atoms with Gasteiger partial charge in [0.15, 0.2) is 0 Å². The fourth-order valence-electron chi connectivity index (χ4n) is 1.97. The van der Waals surface area contributed by atoms with E-state index in [0.717, 1.165) is 5.56 Å². The Kier molecular flexibility index (Phi) is 6.45. The van der Waals surface area contributed by atoms with Crippen LogP contribution in [0.25, 0.3) is 0 Å². The Bertz CT molecular complexity index is 597. The van der Waals surface area contributed by atoms with Crippen LogP contribution in [0.3, 0.4) is 0 Å². The first kappa shape index (κ1) is 18.1. The van der Waals surface area contributed by atoms with E-state index in [-0.39, 0.29) is 11.1 Å². The van der Waals surface area contributed by atoms with Crippen molar-refractivity contribution in [1.82, 2.24) is 10.2 Å². The van der Waals surface area contributed by atoms with E-state index in [9.17, 15) is 10.1 Å². The fraction of sp³-hybridized carbons (Fsp3) is 0.412. The van der Waals surface area contributed by atoms with Gasteiger partial charge >= 0.3 is 0 Å². The van der Waals surface area contributed by atoms with Crippen LogP contribution in [-0.2, 0) is 11.3 Å². The van der Waals surface area contributed by atoms with E-state index >= 15 is 0 Å². The number of nitrogens with zero attached hydrogens (tertiary/aromatic N) is 2. The average molecular weight is 320 g/mol. The Morgan fingerprint density at radius 2 is 2.05 bits per heavy atom. The van der Waals surface area contributed by atoms with Crippen molar-refractivity contribution < 1.29 is 4.79 Å². The van der Waals surface area contributed by atoms with Crippen molar-refractivity contribution in [2.75, 3.05) is 6.54 Å². The van der Waals surface area contributed by atoms with Crippen LogP contribution in [0, 0.1) is 11.3 Å². The minimum atomic E-state index is -0.398. The summed E-state index contributed by atoms with van der Waals surface area (Å²) in [5.41, 5.74) is 0.752. The average Bonchev–Trinajstić information content (AvgIpc) is 2.46. The second-order valence-corrected chi connectivity index (χ2v) is 6.29. The molecule has 1 N–H and O–H groups in total. The van der Waals surface area contributed by atoms with Crippen LogP contribution >= 0.6 is 11.6 Å². The summed E-state index contributed by atoms with van der Waals surface area (Å²) in [6.45, 7) is 9.08. The van der Waals surface area contributed by atoms with Gasteiger partial charge in [-0.3, -0.25) is 4.79 Å². The highest BCUT2D eigenvalue weighted by Crippen LogP contribution is 2.16. The van der Waals surface area contributed by atoms with E-state index in [1.54, 1.807) is 12.3 Å². The summed E-state index contributed by atoms with van der Waals surface area (Å²) >= 11 is 6.05. The minimum Gasteiger partial charge on any atom is -0.372 e. The highest BCUT2D eigenvalue weighted by Gasteiger charge is 2.19. The van der Waals surface area contributed by atoms with Crippen LogP contribution in [0.15, 0.2) is 36.0 Å². The normalized spacial score (nSPS) is 11.7. The maximum Gasteiger partial charge on any atom is 0.263 e. The lowest BCUT2D eigenvalue weighted by atomic mass is 10.1. The number of hydrogen-bond acceptors (Lipinski definition) is 3. The molecule has 118 valence electrons. The van der Waals surface area contributed by atoms with E-state index in [1.807, 2.05) is 56.9 Å². The number of carbonyl (C=O) groups is 1. The SMILES string of the molecule is CCN(/C=C(/C#N)C(=O)NCc1ccccc1Cl)C(C)(C)C. The fourth-order valence-corrected chi connectivity index (χ4v) is 2.17. The molecular weight excluding hydrogens is 298 g/mol. The molecule has 0 saturated carbocycles. The maximum absolute atomic E-state index is 12.2. The zero-order valence-corrected chi connectivity index (χ0v) is 14.2. The van der Waals surface area contributed by atoms with Gasteiger partial charge in [0.2, 0.25) is 0 Å². The van der Waals surface area contributed by atoms with Crippen LogP contribution in [0.2, 0.25) is 5.02 Å². The number of nitrogens with one attached hydrogen (secondary N) is 1. The van der Waals surface area contributed by atoms with Gasteiger partial charge in [-0.15, -0.1) is 0 Å². The van der Waals surface area contributed by atoms with Crippen LogP contribution < -0.4 is 5.32 Å². The van der Waals surface area contributed by atoms with Crippen LogP contribution in [0.4, 0.5) is 0 Å². The standard InChI is InChI=1S/C17H22ClN3O/c1-5-21(17(2,3)4)12-14(10-19)16(22)20-11-13-8-6-7-9-15(13)18/h6-9,12H,5,11H2,1-4H3,(H,20,22)/b14-12-. The quantitative estimate of drug-likeness (QED) is 0.667. The van der Waals surface area contributed by atoms with Crippen molar-refractivity contribution in [3.8, 4) is 6.07 Å². The predicted octanol–water partition coefficient (Wildman–Crippen LogP) is 3.48. The Labute approximate surface area is 137 Å². The molecule has 0 bridgehead atoms. The van der Waals surface area contributed by atoms with Gasteiger partial charge in [0.05, 0.1) is 0 Å². The molecule has 0 radical (unpaired) electrons. The number of benzene rings is 1. The largest absolute Gasteiger partial charge is 0.372 e. The van der Waals surface area contributed by atoms with E-state index in [4.69, 9.17) is 11.6 Å². The molecule has 0 aromatic heterocycles. The second-order valence-electron chi connectivity index (χ2n) is 5.89. The van der Waals surface area contributed by atoms with E-state index in [2.05, 4.69) is 5.32 Å². The summed E-state index contributed by atoms with van der Waals surface area (Å²) in [6, 6.07) is 9.25. The molecule has 1 amide bonds. The highest BCUT2D eigenvalue weighted by molar-refractivity contribution is 6.31. The van der Waals surface area contributed by atoms with Crippen molar-refractivity contribution in [3.05, 3.63) is 46.6 Å². The summed E-state index contributed by atoms with van der Waals surface area (Å²) in [5.74, 6) is -0.398. The minimum absolute atomic E-state index is 0.0869. The first-order valence-electron chi connectivity index (χ1n) is 7.19. The lowest BCUT2D eigenvalue weighted by Gasteiger charge is -2.33. The molecule has 1 aromatic carbocycles. The Balaban J connectivity index is 2.81. The summed E-state index contributed by atoms with van der Waals surface area (Å²) in [5, 5.41) is 12.6. The lowest BCUT2D eigenvalue weighted by Crippen LogP contribution is -2.38. The second kappa shape index (κ2) is 7.86. The topological polar surface area (TPSA) is 56.1 Å². The number of rotatable bonds is 5. The smallest absolute Gasteiger partial charge is 0.263 e. The molecule has 0 aliphatic heterocycles. The number of hydrogen-bond donors (Lipinski definition) is 1. The molecule has 0 aliphatic rings. The molecule has 0 spiro atoms. The summed E-state index contributed by atoms with van der Waals surface area (Å²) in [4.78, 5) is 14.1. The molecule has 0 aliphatic carbocycles. The number of carbonyl (C=O) groups excluding carboxylic acids is 1. The zero-order valence-electron chi connectivity index (χ0n) is 13.5. The molecule has 1 aromatic rings. The Hall–Kier alpha value is -1.99. The molecule has 0 unspecified atom stereocenters. The first-order valence-corrected chi connectivity index (χ1v) is 7.57. The van der Waals surface area contributed by atoms with Crippen molar-refractivity contribution in [2.24, 2.45) is 0 Å². The van der Waals surface area contributed by atoms with E-state index < -0.39 is 5.91 Å². The Morgan fingerprint density at radius 1 is 1.41 bits per heavy atom. The van der Waals surface area contributed by atoms with Crippen molar-refractivity contribution in [1.29, 1.82) is 5.26 Å². The summed E-state index contributed by atoms with van der Waals surface area (Å²) < 4.78 is 0. The summed E-state index contributed by atoms with van der Waals surface area (Å²) in [6.07, 6.45) is 1.61. The predicted molar refractivity (Wildman–Crippen MR) is 89.1 cm³/mol. The van der Waals surface area contributed by atoms with Gasteiger partial charge in [-0.25, -0.2) is 0 Å². The third-order valence-electron chi connectivity index (χ3n) is 3.25. The van der Waals surface area contributed by atoms with E-state index in [0.29, 0.717) is 18.1 Å². The van der Waals surface area contributed by atoms with Gasteiger partial charge < -0.3 is 10.2 Å². The molecule has 22 heavy (non-hydrogen) atoms. The Morgan fingerprint density at radius 3 is 2.55 bits per heavy atom. The first-order chi connectivity index (χ1) is 10.3. The van der Waals surface area contributed by atoms with Gasteiger partial charge in [-0.05, 0) is 39.3 Å². The van der Waals surface area contributed by atoms with Crippen LogP contribution in [0.1, 0.15) is 33.3 Å². The zero-order chi connectivity index (χ0) is 16.8. The molecule has 4 nitrogen and oxygen atoms in total. The molecule has 1 rings (SSSR count). The third kappa shape index (κ3) is 5.09. The lowest BCUT2D eigenvalue weighted by molar-refractivity contribution is -0.117. The van der Waals surface area contributed by atoms with Crippen LogP contribution in [0.5, 0.6) is 0 Å². The van der Waals surface area contributed by atoms with E-state index in [1.165, 1.54) is 0 Å². The monoisotopic (exact) mass is 319 g/mol. The molecule has 0 heterocycles. The molecule has 0 saturated heterocycles. The molecule has 5 heteroatoms. The van der Waals surface area contributed by atoms with Gasteiger partial charge in [0.25, 0.3) is 5.91 Å². The van der Waals surface area contributed by atoms with Crippen molar-refractivity contribution >= 4 is 17.5 Å². The molecular formula is C17H22ClN3O. The number of nitriles is 1. The third-order valence-corrected chi connectivity index (χ3v) is 3.62. The molecule has 0 fully saturated rings. The molecule has 0 atom stereocenters. The van der Waals surface area contributed by atoms with Gasteiger partial charge in [-0.2, -0.15) is 5.26 Å². The summed E-state index contributed by atoms with van der Waals surface area (Å²) in [7, 11) is 0. The van der Waals surface area contributed by atoms with Crippen LogP contribution in [-0.4, -0.2) is 22.9 Å². The van der Waals surface area contributed by atoms with Gasteiger partial charge in [0, 0.05) is 29.9 Å². The number of halogens is 1. The maximum atomic E-state index is 12.2. The van der Waals surface area contributed by atoms with Crippen molar-refractivity contribution in [2.45, 2.75) is 39.8 Å². The number of amides is 1. The van der Waals surface area contributed by atoms with Gasteiger partial charge in [-0.1, -0.05) is 29.8 Å². The van der Waals surface area contributed by atoms with Crippen molar-refractivity contribution in [3.63, 3.8) is 0 Å². The van der Waals surface area contributed by atoms with Gasteiger partial charge in [0.1, 0.15) is 11.6 Å².